The fraction of sp³-hybridized carbons (Fsp3) is 0.556. The zero-order chi connectivity index (χ0) is 25.3. The molecule has 4 aliphatic rings. The number of fused-ring (bicyclic) bond motifs is 3. The van der Waals surface area contributed by atoms with E-state index in [4.69, 9.17) is 0 Å². The number of halogens is 4. The van der Waals surface area contributed by atoms with Gasteiger partial charge in [0.15, 0.2) is 0 Å². The van der Waals surface area contributed by atoms with Gasteiger partial charge in [-0.1, -0.05) is 86.0 Å². The number of rotatable bonds is 2. The molecule has 0 spiro atoms. The third-order valence-electron chi connectivity index (χ3n) is 7.70. The van der Waals surface area contributed by atoms with Crippen LogP contribution in [0.1, 0.15) is 59.8 Å². The number of hydrogen-bond acceptors (Lipinski definition) is 1. The molecule has 1 radical (unpaired) electrons. The average molecular weight is 644 g/mol. The zero-order valence-electron chi connectivity index (χ0n) is 21.3. The monoisotopic (exact) mass is 644 g/mol. The first-order valence-corrected chi connectivity index (χ1v) is 16.6. The number of benzene rings is 1. The second-order valence-corrected chi connectivity index (χ2v) is 17.8. The van der Waals surface area contributed by atoms with Gasteiger partial charge in [-0.05, 0) is 72.6 Å². The summed E-state index contributed by atoms with van der Waals surface area (Å²) in [5.41, 5.74) is 3.69. The van der Waals surface area contributed by atoms with Gasteiger partial charge < -0.3 is 17.3 Å². The minimum Gasteiger partial charge on any atom is -0.418 e. The van der Waals surface area contributed by atoms with Gasteiger partial charge in [0.05, 0.1) is 0 Å². The molecule has 0 N–H and O–H groups in total. The first kappa shape index (κ1) is 30.5. The van der Waals surface area contributed by atoms with E-state index in [1.165, 1.54) is 32.1 Å². The van der Waals surface area contributed by atoms with Gasteiger partial charge in [-0.15, -0.1) is 11.3 Å². The van der Waals surface area contributed by atoms with Crippen LogP contribution in [0, 0.1) is 11.8 Å². The van der Waals surface area contributed by atoms with Crippen LogP contribution in [0.15, 0.2) is 48.6 Å². The van der Waals surface area contributed by atoms with E-state index in [0.29, 0.717) is 0 Å². The Morgan fingerprint density at radius 3 is 1.56 bits per heavy atom. The SMILES string of the molecule is C1=CC2C=CC1C2.C[C@H]1CC[C@H](C)P1c1sc2ccccc2c1P1[C@@H](C)CC[C@@H]1C.F[B-](F)(F)F.[Rh]. The van der Waals surface area contributed by atoms with Crippen LogP contribution in [-0.4, -0.2) is 29.9 Å². The smallest absolute Gasteiger partial charge is 0.418 e. The van der Waals surface area contributed by atoms with E-state index < -0.39 is 7.25 Å². The van der Waals surface area contributed by atoms with Crippen molar-refractivity contribution in [3.63, 3.8) is 0 Å². The molecule has 2 bridgehead atoms. The molecular formula is C27H36BF4P2RhS-. The number of hydrogen-bond donors (Lipinski definition) is 0. The molecule has 2 fully saturated rings. The van der Waals surface area contributed by atoms with Crippen molar-refractivity contribution in [2.24, 2.45) is 11.8 Å². The summed E-state index contributed by atoms with van der Waals surface area (Å²) in [7, 11) is -5.92. The summed E-state index contributed by atoms with van der Waals surface area (Å²) in [4.78, 5) is 0. The molecule has 0 amide bonds. The van der Waals surface area contributed by atoms with E-state index in [1.807, 2.05) is 9.92 Å². The maximum Gasteiger partial charge on any atom is 0.673 e. The predicted octanol–water partition coefficient (Wildman–Crippen LogP) is 9.30. The Morgan fingerprint density at radius 2 is 1.14 bits per heavy atom. The van der Waals surface area contributed by atoms with E-state index in [1.54, 1.807) is 10.1 Å². The largest absolute Gasteiger partial charge is 0.673 e. The van der Waals surface area contributed by atoms with Crippen molar-refractivity contribution >= 4 is 54.4 Å². The molecule has 2 aromatic rings. The summed E-state index contributed by atoms with van der Waals surface area (Å²) in [5, 5.41) is 3.47. The van der Waals surface area contributed by atoms with Crippen molar-refractivity contribution in [2.45, 2.75) is 82.4 Å². The maximum absolute atomic E-state index is 9.75. The van der Waals surface area contributed by atoms with E-state index in [2.05, 4.69) is 87.6 Å². The van der Waals surface area contributed by atoms with Crippen molar-refractivity contribution < 1.29 is 36.7 Å². The molecule has 0 nitrogen and oxygen atoms in total. The minimum absolute atomic E-state index is 0. The molecule has 1 aromatic heterocycles. The second-order valence-electron chi connectivity index (χ2n) is 10.4. The summed E-state index contributed by atoms with van der Waals surface area (Å²) in [6.45, 7) is 10.1. The van der Waals surface area contributed by atoms with Crippen LogP contribution < -0.4 is 9.92 Å². The fourth-order valence-corrected chi connectivity index (χ4v) is 16.0. The fourth-order valence-electron chi connectivity index (χ4n) is 6.00. The molecular weight excluding hydrogens is 608 g/mol. The van der Waals surface area contributed by atoms with Gasteiger partial charge in [0.25, 0.3) is 0 Å². The average Bonchev–Trinajstić information content (AvgIpc) is 3.60. The van der Waals surface area contributed by atoms with Crippen molar-refractivity contribution in [2.75, 3.05) is 0 Å². The Hall–Kier alpha value is -0.0717. The molecule has 4 atom stereocenters. The third kappa shape index (κ3) is 7.31. The second kappa shape index (κ2) is 12.9. The molecule has 1 aromatic carbocycles. The number of thiophene rings is 1. The van der Waals surface area contributed by atoms with Gasteiger partial charge in [-0.25, -0.2) is 0 Å². The van der Waals surface area contributed by atoms with Crippen molar-refractivity contribution in [3.8, 4) is 0 Å². The molecule has 0 unspecified atom stereocenters. The molecule has 2 aliphatic heterocycles. The molecule has 3 heterocycles. The molecule has 2 saturated heterocycles. The summed E-state index contributed by atoms with van der Waals surface area (Å²) in [5.74, 6) is 1.62. The molecule has 2 aliphatic carbocycles. The quantitative estimate of drug-likeness (QED) is 0.132. The summed E-state index contributed by atoms with van der Waals surface area (Å²) >= 11 is 2.16. The van der Waals surface area contributed by atoms with Crippen molar-refractivity contribution in [1.29, 1.82) is 0 Å². The Morgan fingerprint density at radius 1 is 0.722 bits per heavy atom. The van der Waals surface area contributed by atoms with Crippen molar-refractivity contribution in [1.82, 2.24) is 0 Å². The molecule has 201 valence electrons. The van der Waals surface area contributed by atoms with Gasteiger partial charge in [-0.2, -0.15) is 0 Å². The van der Waals surface area contributed by atoms with Crippen molar-refractivity contribution in [3.05, 3.63) is 48.6 Å². The zero-order valence-corrected chi connectivity index (χ0v) is 25.6. The van der Waals surface area contributed by atoms with Gasteiger partial charge in [0.1, 0.15) is 0 Å². The predicted molar refractivity (Wildman–Crippen MR) is 151 cm³/mol. The van der Waals surface area contributed by atoms with Gasteiger partial charge in [-0.3, -0.25) is 0 Å². The molecule has 6 rings (SSSR count). The summed E-state index contributed by atoms with van der Waals surface area (Å²) in [6, 6.07) is 9.29. The van der Waals surface area contributed by atoms with Crippen LogP contribution in [0.25, 0.3) is 10.1 Å². The third-order valence-corrected chi connectivity index (χ3v) is 16.4. The maximum atomic E-state index is 9.75. The summed E-state index contributed by atoms with van der Waals surface area (Å²) < 4.78 is 42.4. The van der Waals surface area contributed by atoms with E-state index in [-0.39, 0.29) is 35.3 Å². The number of allylic oxidation sites excluding steroid dienone is 4. The standard InChI is InChI=1S/C20H28P2S.C7H8.BF4.Rh/c1-13-9-10-14(2)21(13)19-17-7-5-6-8-18(17)23-20(19)22-15(3)11-12-16(22)4;1-2-7-4-3-6(1)5-7;2-1(3,4)5;/h5-8,13-16H,9-12H2,1-4H3;1-4,6-7H,5H2;;/q;;-1;/t13-,14-,15-,16-;;;/m0.../s1. The normalized spacial score (nSPS) is 31.2. The van der Waals surface area contributed by atoms with Crippen LogP contribution in [0.5, 0.6) is 0 Å². The Balaban J connectivity index is 0.000000228. The van der Waals surface area contributed by atoms with E-state index in [9.17, 15) is 17.3 Å². The first-order chi connectivity index (χ1) is 16.5. The van der Waals surface area contributed by atoms with Gasteiger partial charge in [0.2, 0.25) is 0 Å². The van der Waals surface area contributed by atoms with Crippen LogP contribution >= 0.6 is 27.2 Å². The Kier molecular flexibility index (Phi) is 10.9. The first-order valence-electron chi connectivity index (χ1n) is 12.8. The van der Waals surface area contributed by atoms with Crippen LogP contribution in [0.4, 0.5) is 17.3 Å². The van der Waals surface area contributed by atoms with Crippen LogP contribution in [0.2, 0.25) is 0 Å². The molecule has 36 heavy (non-hydrogen) atoms. The molecule has 0 saturated carbocycles. The van der Waals surface area contributed by atoms with Crippen LogP contribution in [-0.2, 0) is 19.5 Å². The summed E-state index contributed by atoms with van der Waals surface area (Å²) in [6.07, 6.45) is 16.3. The van der Waals surface area contributed by atoms with Crippen LogP contribution in [0.3, 0.4) is 0 Å². The Bertz CT molecular complexity index is 1020. The topological polar surface area (TPSA) is 0 Å². The van der Waals surface area contributed by atoms with Gasteiger partial charge in [0, 0.05) is 39.5 Å². The minimum atomic E-state index is -6.00. The van der Waals surface area contributed by atoms with Gasteiger partial charge >= 0.3 is 7.25 Å². The van der Waals surface area contributed by atoms with E-state index >= 15 is 0 Å². The molecule has 9 heteroatoms. The van der Waals surface area contributed by atoms with E-state index in [0.717, 1.165) is 34.5 Å². The Labute approximate surface area is 233 Å².